The minimum Gasteiger partial charge on any atom is -0.444 e. The third-order valence-corrected chi connectivity index (χ3v) is 4.21. The first-order chi connectivity index (χ1) is 8.90. The lowest BCUT2D eigenvalue weighted by Gasteiger charge is -2.26. The Morgan fingerprint density at radius 2 is 2.00 bits per heavy atom. The van der Waals surface area contributed by atoms with Crippen LogP contribution >= 0.6 is 0 Å². The monoisotopic (exact) mass is 268 g/mol. The van der Waals surface area contributed by atoms with Gasteiger partial charge in [-0.1, -0.05) is 0 Å². The first-order valence-corrected chi connectivity index (χ1v) is 7.58. The van der Waals surface area contributed by atoms with Crippen molar-refractivity contribution >= 4 is 6.09 Å². The van der Waals surface area contributed by atoms with Crippen LogP contribution in [-0.4, -0.2) is 36.2 Å². The fourth-order valence-corrected chi connectivity index (χ4v) is 3.20. The predicted molar refractivity (Wildman–Crippen MR) is 75.8 cm³/mol. The van der Waals surface area contributed by atoms with Gasteiger partial charge in [0, 0.05) is 13.1 Å². The lowest BCUT2D eigenvalue weighted by Crippen LogP contribution is -2.36. The summed E-state index contributed by atoms with van der Waals surface area (Å²) in [5.74, 6) is 2.22. The molecule has 4 heteroatoms. The molecule has 4 nitrogen and oxygen atoms in total. The number of hydrogen-bond acceptors (Lipinski definition) is 3. The Kier molecular flexibility index (Phi) is 4.39. The summed E-state index contributed by atoms with van der Waals surface area (Å²) < 4.78 is 5.45. The van der Waals surface area contributed by atoms with Gasteiger partial charge in [-0.15, -0.1) is 0 Å². The molecule has 0 aromatic rings. The van der Waals surface area contributed by atoms with Gasteiger partial charge >= 0.3 is 6.09 Å². The number of nitrogens with zero attached hydrogens (tertiary/aromatic N) is 1. The van der Waals surface area contributed by atoms with Crippen LogP contribution in [0.3, 0.4) is 0 Å². The van der Waals surface area contributed by atoms with Crippen molar-refractivity contribution < 1.29 is 9.53 Å². The predicted octanol–water partition coefficient (Wildman–Crippen LogP) is 2.62. The van der Waals surface area contributed by atoms with Crippen molar-refractivity contribution in [1.29, 1.82) is 0 Å². The van der Waals surface area contributed by atoms with E-state index in [0.717, 1.165) is 44.3 Å². The molecule has 2 atom stereocenters. The molecule has 1 aliphatic carbocycles. The highest BCUT2D eigenvalue weighted by Gasteiger charge is 2.40. The van der Waals surface area contributed by atoms with Crippen molar-refractivity contribution in [2.75, 3.05) is 19.6 Å². The van der Waals surface area contributed by atoms with Gasteiger partial charge in [0.1, 0.15) is 5.60 Å². The summed E-state index contributed by atoms with van der Waals surface area (Å²) in [7, 11) is 0. The van der Waals surface area contributed by atoms with Crippen LogP contribution in [-0.2, 0) is 4.74 Å². The van der Waals surface area contributed by atoms with E-state index < -0.39 is 5.60 Å². The van der Waals surface area contributed by atoms with Crippen LogP contribution in [0.25, 0.3) is 0 Å². The van der Waals surface area contributed by atoms with E-state index in [1.807, 2.05) is 25.7 Å². The molecule has 0 radical (unpaired) electrons. The normalized spacial score (nSPS) is 25.5. The van der Waals surface area contributed by atoms with E-state index in [9.17, 15) is 4.79 Å². The topological polar surface area (TPSA) is 55.6 Å². The van der Waals surface area contributed by atoms with Crippen LogP contribution in [0.5, 0.6) is 0 Å². The molecule has 2 unspecified atom stereocenters. The molecule has 0 bridgehead atoms. The summed E-state index contributed by atoms with van der Waals surface area (Å²) in [6.45, 7) is 8.22. The second kappa shape index (κ2) is 5.70. The summed E-state index contributed by atoms with van der Waals surface area (Å²) >= 11 is 0. The summed E-state index contributed by atoms with van der Waals surface area (Å²) in [5.41, 5.74) is 5.33. The quantitative estimate of drug-likeness (QED) is 0.852. The second-order valence-corrected chi connectivity index (χ2v) is 7.05. The number of carbonyl (C=O) groups is 1. The molecule has 1 aliphatic heterocycles. The van der Waals surface area contributed by atoms with Crippen molar-refractivity contribution in [2.24, 2.45) is 23.5 Å². The zero-order valence-corrected chi connectivity index (χ0v) is 12.5. The Bertz CT molecular complexity index is 321. The number of nitrogens with two attached hydrogens (primary N) is 1. The van der Waals surface area contributed by atoms with E-state index in [1.54, 1.807) is 0 Å². The molecule has 2 N–H and O–H groups in total. The van der Waals surface area contributed by atoms with Crippen LogP contribution < -0.4 is 5.73 Å². The number of amides is 1. The molecule has 0 spiro atoms. The minimum atomic E-state index is -0.400. The average molecular weight is 268 g/mol. The summed E-state index contributed by atoms with van der Waals surface area (Å²) in [4.78, 5) is 13.9. The SMILES string of the molecule is CC(C)(C)OC(=O)N1CCC(C(CCN)C2CC2)C1. The summed E-state index contributed by atoms with van der Waals surface area (Å²) in [6.07, 6.45) is 4.77. The Morgan fingerprint density at radius 1 is 1.32 bits per heavy atom. The molecular formula is C15H28N2O2. The van der Waals surface area contributed by atoms with Gasteiger partial charge in [0.25, 0.3) is 0 Å². The smallest absolute Gasteiger partial charge is 0.410 e. The maximum atomic E-state index is 12.1. The van der Waals surface area contributed by atoms with E-state index in [1.165, 1.54) is 12.8 Å². The lowest BCUT2D eigenvalue weighted by molar-refractivity contribution is 0.0282. The highest BCUT2D eigenvalue weighted by Crippen LogP contribution is 2.44. The Labute approximate surface area is 116 Å². The third-order valence-electron chi connectivity index (χ3n) is 4.21. The van der Waals surface area contributed by atoms with Gasteiger partial charge in [-0.05, 0) is 70.8 Å². The lowest BCUT2D eigenvalue weighted by atomic mass is 9.85. The van der Waals surface area contributed by atoms with Crippen molar-refractivity contribution in [1.82, 2.24) is 4.90 Å². The van der Waals surface area contributed by atoms with Crippen LogP contribution in [0, 0.1) is 17.8 Å². The minimum absolute atomic E-state index is 0.155. The molecule has 1 amide bonds. The fraction of sp³-hybridized carbons (Fsp3) is 0.933. The molecule has 2 aliphatic rings. The number of hydrogen-bond donors (Lipinski definition) is 1. The van der Waals surface area contributed by atoms with Crippen LogP contribution in [0.1, 0.15) is 46.5 Å². The highest BCUT2D eigenvalue weighted by atomic mass is 16.6. The third kappa shape index (κ3) is 4.10. The molecule has 19 heavy (non-hydrogen) atoms. The van der Waals surface area contributed by atoms with Gasteiger partial charge in [-0.25, -0.2) is 4.79 Å². The molecule has 1 heterocycles. The molecule has 1 saturated heterocycles. The van der Waals surface area contributed by atoms with Gasteiger partial charge < -0.3 is 15.4 Å². The van der Waals surface area contributed by atoms with Gasteiger partial charge in [0.15, 0.2) is 0 Å². The Balaban J connectivity index is 1.86. The van der Waals surface area contributed by atoms with E-state index in [2.05, 4.69) is 0 Å². The first-order valence-electron chi connectivity index (χ1n) is 7.58. The first kappa shape index (κ1) is 14.6. The molecule has 1 saturated carbocycles. The number of likely N-dealkylation sites (tertiary alicyclic amines) is 1. The Morgan fingerprint density at radius 3 is 2.53 bits per heavy atom. The standard InChI is InChI=1S/C15H28N2O2/c1-15(2,3)19-14(18)17-9-7-12(10-17)13(6-8-16)11-4-5-11/h11-13H,4-10,16H2,1-3H3. The van der Waals surface area contributed by atoms with Crippen LogP contribution in [0.2, 0.25) is 0 Å². The number of carbonyl (C=O) groups excluding carboxylic acids is 1. The van der Waals surface area contributed by atoms with Crippen LogP contribution in [0.4, 0.5) is 4.79 Å². The number of ether oxygens (including phenoxy) is 1. The van der Waals surface area contributed by atoms with Gasteiger partial charge in [-0.2, -0.15) is 0 Å². The van der Waals surface area contributed by atoms with E-state index in [-0.39, 0.29) is 6.09 Å². The molecule has 110 valence electrons. The zero-order chi connectivity index (χ0) is 14.0. The van der Waals surface area contributed by atoms with Crippen molar-refractivity contribution in [3.63, 3.8) is 0 Å². The zero-order valence-electron chi connectivity index (χ0n) is 12.5. The second-order valence-electron chi connectivity index (χ2n) is 7.05. The van der Waals surface area contributed by atoms with Crippen molar-refractivity contribution in [3.05, 3.63) is 0 Å². The molecule has 2 rings (SSSR count). The molecule has 2 fully saturated rings. The van der Waals surface area contributed by atoms with Crippen LogP contribution in [0.15, 0.2) is 0 Å². The molecule has 0 aromatic carbocycles. The summed E-state index contributed by atoms with van der Waals surface area (Å²) in [6, 6.07) is 0. The fourth-order valence-electron chi connectivity index (χ4n) is 3.20. The molecular weight excluding hydrogens is 240 g/mol. The van der Waals surface area contributed by atoms with Gasteiger partial charge in [-0.3, -0.25) is 0 Å². The average Bonchev–Trinajstić information content (AvgIpc) is 3.00. The Hall–Kier alpha value is -0.770. The van der Waals surface area contributed by atoms with Crippen molar-refractivity contribution in [2.45, 2.75) is 52.1 Å². The largest absolute Gasteiger partial charge is 0.444 e. The maximum absolute atomic E-state index is 12.1. The summed E-state index contributed by atoms with van der Waals surface area (Å²) in [5, 5.41) is 0. The van der Waals surface area contributed by atoms with Gasteiger partial charge in [0.05, 0.1) is 0 Å². The van der Waals surface area contributed by atoms with Crippen molar-refractivity contribution in [3.8, 4) is 0 Å². The highest BCUT2D eigenvalue weighted by molar-refractivity contribution is 5.68. The van der Waals surface area contributed by atoms with E-state index in [0.29, 0.717) is 5.92 Å². The number of rotatable bonds is 4. The molecule has 0 aromatic heterocycles. The maximum Gasteiger partial charge on any atom is 0.410 e. The van der Waals surface area contributed by atoms with Gasteiger partial charge in [0.2, 0.25) is 0 Å². The van der Waals surface area contributed by atoms with E-state index in [4.69, 9.17) is 10.5 Å². The van der Waals surface area contributed by atoms with E-state index >= 15 is 0 Å².